The average molecular weight is 368 g/mol. The normalized spacial score (nSPS) is 11.4. The number of nitro benzene ring substituents is 1. The smallest absolute Gasteiger partial charge is 0.271 e. The second-order valence-electron chi connectivity index (χ2n) is 7.34. The van der Waals surface area contributed by atoms with Crippen LogP contribution in [0, 0.1) is 29.9 Å². The highest BCUT2D eigenvalue weighted by Crippen LogP contribution is 2.22. The second kappa shape index (κ2) is 7.34. The van der Waals surface area contributed by atoms with E-state index in [4.69, 9.17) is 0 Å². The Labute approximate surface area is 157 Å². The molecule has 0 aliphatic heterocycles. The number of nitro groups is 1. The average Bonchev–Trinajstić information content (AvgIpc) is 3.13. The van der Waals surface area contributed by atoms with Gasteiger partial charge < -0.3 is 4.57 Å². The molecule has 0 saturated carbocycles. The van der Waals surface area contributed by atoms with Crippen LogP contribution < -0.4 is 0 Å². The molecular formula is C20H24N4O3. The Kier molecular flexibility index (Phi) is 5.12. The molecule has 7 nitrogen and oxygen atoms in total. The van der Waals surface area contributed by atoms with Gasteiger partial charge in [-0.15, -0.1) is 0 Å². The van der Waals surface area contributed by atoms with Gasteiger partial charge in [-0.3, -0.25) is 19.6 Å². The summed E-state index contributed by atoms with van der Waals surface area (Å²) in [6.07, 6.45) is 2.68. The van der Waals surface area contributed by atoms with E-state index in [1.54, 1.807) is 12.3 Å². The van der Waals surface area contributed by atoms with Crippen molar-refractivity contribution in [2.45, 2.75) is 47.2 Å². The van der Waals surface area contributed by atoms with Crippen LogP contribution in [-0.4, -0.2) is 25.1 Å². The lowest BCUT2D eigenvalue weighted by atomic mass is 10.1. The first-order valence-electron chi connectivity index (χ1n) is 9.07. The highest BCUT2D eigenvalue weighted by atomic mass is 16.6. The lowest BCUT2D eigenvalue weighted by molar-refractivity contribution is -0.384. The van der Waals surface area contributed by atoms with Gasteiger partial charge in [-0.05, 0) is 38.3 Å². The topological polar surface area (TPSA) is 83.0 Å². The maximum atomic E-state index is 12.9. The van der Waals surface area contributed by atoms with E-state index in [-0.39, 0.29) is 18.0 Å². The fourth-order valence-electron chi connectivity index (χ4n) is 3.33. The van der Waals surface area contributed by atoms with Crippen molar-refractivity contribution in [2.75, 3.05) is 0 Å². The lowest BCUT2D eigenvalue weighted by Gasteiger charge is -2.11. The first-order valence-corrected chi connectivity index (χ1v) is 9.07. The molecule has 1 aromatic carbocycles. The lowest BCUT2D eigenvalue weighted by Crippen LogP contribution is -2.13. The molecule has 142 valence electrons. The van der Waals surface area contributed by atoms with Gasteiger partial charge in [0.25, 0.3) is 5.69 Å². The molecule has 7 heteroatoms. The molecule has 0 aliphatic carbocycles. The zero-order chi connectivity index (χ0) is 19.7. The van der Waals surface area contributed by atoms with E-state index in [1.165, 1.54) is 16.8 Å². The van der Waals surface area contributed by atoms with Crippen LogP contribution in [0.15, 0.2) is 30.5 Å². The number of aromatic nitrogens is 3. The van der Waals surface area contributed by atoms with Crippen molar-refractivity contribution >= 4 is 22.4 Å². The largest absolute Gasteiger partial charge is 0.348 e. The third-order valence-corrected chi connectivity index (χ3v) is 4.94. The van der Waals surface area contributed by atoms with Crippen molar-refractivity contribution in [3.63, 3.8) is 0 Å². The fraction of sp³-hybridized carbons (Fsp3) is 0.400. The van der Waals surface area contributed by atoms with Crippen LogP contribution in [0.2, 0.25) is 0 Å². The molecule has 0 spiro atoms. The van der Waals surface area contributed by atoms with Gasteiger partial charge in [0.2, 0.25) is 0 Å². The Morgan fingerprint density at radius 2 is 2.00 bits per heavy atom. The van der Waals surface area contributed by atoms with Crippen LogP contribution in [0.4, 0.5) is 5.69 Å². The highest BCUT2D eigenvalue weighted by molar-refractivity contribution is 5.98. The number of carbonyl (C=O) groups excluding carboxylic acids is 1. The molecule has 2 aromatic heterocycles. The van der Waals surface area contributed by atoms with Gasteiger partial charge in [0.1, 0.15) is 6.54 Å². The van der Waals surface area contributed by atoms with Crippen molar-refractivity contribution in [1.82, 2.24) is 14.3 Å². The molecule has 0 bridgehead atoms. The van der Waals surface area contributed by atoms with E-state index in [2.05, 4.69) is 23.5 Å². The van der Waals surface area contributed by atoms with Gasteiger partial charge in [0.15, 0.2) is 5.78 Å². The maximum Gasteiger partial charge on any atom is 0.271 e. The number of hydrogen-bond acceptors (Lipinski definition) is 4. The molecule has 0 fully saturated rings. The van der Waals surface area contributed by atoms with E-state index < -0.39 is 4.92 Å². The molecule has 0 amide bonds. The van der Waals surface area contributed by atoms with Crippen LogP contribution in [0.3, 0.4) is 0 Å². The molecule has 0 atom stereocenters. The molecule has 0 N–H and O–H groups in total. The number of aryl methyl sites for hydroxylation is 1. The first-order chi connectivity index (χ1) is 12.8. The monoisotopic (exact) mass is 368 g/mol. The van der Waals surface area contributed by atoms with Crippen molar-refractivity contribution in [3.8, 4) is 0 Å². The number of nitrogens with zero attached hydrogens (tertiary/aromatic N) is 4. The van der Waals surface area contributed by atoms with E-state index in [1.807, 2.05) is 19.9 Å². The molecule has 3 aromatic rings. The Hall–Kier alpha value is -2.96. The predicted octanol–water partition coefficient (Wildman–Crippen LogP) is 4.29. The van der Waals surface area contributed by atoms with Gasteiger partial charge in [0.05, 0.1) is 16.6 Å². The number of non-ortho nitro benzene ring substituents is 1. The third kappa shape index (κ3) is 3.77. The minimum Gasteiger partial charge on any atom is -0.348 e. The second-order valence-corrected chi connectivity index (χ2v) is 7.34. The van der Waals surface area contributed by atoms with Crippen LogP contribution in [-0.2, 0) is 13.1 Å². The number of ketones is 1. The summed E-state index contributed by atoms with van der Waals surface area (Å²) >= 11 is 0. The number of hydrogen-bond donors (Lipinski definition) is 0. The summed E-state index contributed by atoms with van der Waals surface area (Å²) in [7, 11) is 0. The van der Waals surface area contributed by atoms with Crippen molar-refractivity contribution < 1.29 is 9.72 Å². The predicted molar refractivity (Wildman–Crippen MR) is 104 cm³/mol. The van der Waals surface area contributed by atoms with Gasteiger partial charge in [-0.25, -0.2) is 0 Å². The number of fused-ring (bicyclic) bond motifs is 1. The zero-order valence-electron chi connectivity index (χ0n) is 16.1. The first kappa shape index (κ1) is 18.8. The minimum absolute atomic E-state index is 0.0106. The van der Waals surface area contributed by atoms with E-state index >= 15 is 0 Å². The van der Waals surface area contributed by atoms with Crippen molar-refractivity contribution in [1.29, 1.82) is 0 Å². The molecule has 0 radical (unpaired) electrons. The number of Topliss-reactive ketones (excluding diaryl/α,β-unsaturated/α-hetero) is 1. The summed E-state index contributed by atoms with van der Waals surface area (Å²) in [5.41, 5.74) is 3.29. The molecule has 0 aliphatic rings. The van der Waals surface area contributed by atoms with Crippen molar-refractivity contribution in [3.05, 3.63) is 57.5 Å². The van der Waals surface area contributed by atoms with Gasteiger partial charge in [0, 0.05) is 41.0 Å². The van der Waals surface area contributed by atoms with Crippen molar-refractivity contribution in [2.24, 2.45) is 5.92 Å². The number of benzene rings is 1. The number of carbonyl (C=O) groups is 1. The van der Waals surface area contributed by atoms with E-state index in [0.717, 1.165) is 29.7 Å². The van der Waals surface area contributed by atoms with Crippen LogP contribution in [0.25, 0.3) is 10.9 Å². The Morgan fingerprint density at radius 1 is 1.26 bits per heavy atom. The van der Waals surface area contributed by atoms with Gasteiger partial charge in [-0.2, -0.15) is 5.10 Å². The van der Waals surface area contributed by atoms with Gasteiger partial charge >= 0.3 is 0 Å². The van der Waals surface area contributed by atoms with Crippen LogP contribution >= 0.6 is 0 Å². The summed E-state index contributed by atoms with van der Waals surface area (Å²) in [5.74, 6) is 0.548. The van der Waals surface area contributed by atoms with Gasteiger partial charge in [-0.1, -0.05) is 13.8 Å². The van der Waals surface area contributed by atoms with E-state index in [9.17, 15) is 14.9 Å². The Bertz CT molecular complexity index is 1010. The summed E-state index contributed by atoms with van der Waals surface area (Å²) in [6, 6.07) is 6.48. The SMILES string of the molecule is Cc1cc(C(=O)Cn2ncc3ccc([N+](=O)[O-])cc32)c(C)n1CCC(C)C. The molecule has 0 unspecified atom stereocenters. The molecule has 2 heterocycles. The molecule has 0 saturated heterocycles. The summed E-state index contributed by atoms with van der Waals surface area (Å²) in [4.78, 5) is 23.5. The highest BCUT2D eigenvalue weighted by Gasteiger charge is 2.18. The molecular weight excluding hydrogens is 344 g/mol. The van der Waals surface area contributed by atoms with Crippen LogP contribution in [0.5, 0.6) is 0 Å². The third-order valence-electron chi connectivity index (χ3n) is 4.94. The minimum atomic E-state index is -0.444. The summed E-state index contributed by atoms with van der Waals surface area (Å²) in [5, 5.41) is 16.0. The number of rotatable bonds is 7. The standard InChI is InChI=1S/C20H24N4O3/c1-13(2)7-8-22-14(3)9-18(15(22)4)20(25)12-23-19-10-17(24(26)27)6-5-16(19)11-21-23/h5-6,9-11,13H,7-8,12H2,1-4H3. The maximum absolute atomic E-state index is 12.9. The zero-order valence-corrected chi connectivity index (χ0v) is 16.1. The fourth-order valence-corrected chi connectivity index (χ4v) is 3.33. The van der Waals surface area contributed by atoms with E-state index in [0.29, 0.717) is 17.0 Å². The molecule has 27 heavy (non-hydrogen) atoms. The Balaban J connectivity index is 1.88. The Morgan fingerprint density at radius 3 is 2.67 bits per heavy atom. The summed E-state index contributed by atoms with van der Waals surface area (Å²) < 4.78 is 3.71. The summed E-state index contributed by atoms with van der Waals surface area (Å²) in [6.45, 7) is 9.28. The molecule has 3 rings (SSSR count). The van der Waals surface area contributed by atoms with Crippen LogP contribution in [0.1, 0.15) is 42.0 Å². The quantitative estimate of drug-likeness (QED) is 0.354.